The zero-order valence-corrected chi connectivity index (χ0v) is 12.5. The van der Waals surface area contributed by atoms with E-state index in [2.05, 4.69) is 15.1 Å². The van der Waals surface area contributed by atoms with Crippen LogP contribution in [0, 0.1) is 18.6 Å². The van der Waals surface area contributed by atoms with E-state index < -0.39 is 22.9 Å². The van der Waals surface area contributed by atoms with Crippen LogP contribution in [0.1, 0.15) is 5.69 Å². The summed E-state index contributed by atoms with van der Waals surface area (Å²) in [7, 11) is 0. The number of para-hydroxylation sites is 1. The van der Waals surface area contributed by atoms with Gasteiger partial charge in [-0.25, -0.2) is 18.7 Å². The number of benzene rings is 1. The predicted molar refractivity (Wildman–Crippen MR) is 79.4 cm³/mol. The molecule has 0 aliphatic carbocycles. The molecule has 0 aliphatic heterocycles. The number of nitrogens with zero attached hydrogens (tertiary/aromatic N) is 4. The molecular formula is C14H10F2N4OS. The second-order valence-corrected chi connectivity index (χ2v) is 5.27. The molecule has 1 aromatic carbocycles. The van der Waals surface area contributed by atoms with E-state index in [1.54, 1.807) is 13.2 Å². The van der Waals surface area contributed by atoms with Crippen molar-refractivity contribution in [3.8, 4) is 5.69 Å². The van der Waals surface area contributed by atoms with Crippen LogP contribution in [-0.4, -0.2) is 26.0 Å². The minimum Gasteiger partial charge on any atom is -0.267 e. The van der Waals surface area contributed by atoms with E-state index in [0.29, 0.717) is 21.0 Å². The van der Waals surface area contributed by atoms with Crippen LogP contribution >= 0.6 is 11.8 Å². The molecular weight excluding hydrogens is 310 g/mol. The highest BCUT2D eigenvalue weighted by Gasteiger charge is 2.17. The maximum atomic E-state index is 13.9. The number of thioether (sulfide) groups is 1. The monoisotopic (exact) mass is 320 g/mol. The molecule has 0 unspecified atom stereocenters. The third-order valence-electron chi connectivity index (χ3n) is 3.11. The molecule has 0 N–H and O–H groups in total. The van der Waals surface area contributed by atoms with Crippen molar-refractivity contribution in [2.75, 3.05) is 6.26 Å². The number of halogens is 2. The predicted octanol–water partition coefficient (Wildman–Crippen LogP) is 2.48. The number of hydrogen-bond donors (Lipinski definition) is 0. The summed E-state index contributed by atoms with van der Waals surface area (Å²) in [4.78, 5) is 20.7. The summed E-state index contributed by atoms with van der Waals surface area (Å²) in [6.07, 6.45) is 3.15. The molecule has 0 aliphatic rings. The molecule has 2 heterocycles. The standard InChI is InChI=1S/C14H10F2N4OS/c1-7-11-8(6-17-14(18-11)22-2)13(21)20(19-7)12-9(15)4-3-5-10(12)16/h3-6H,1-2H3. The van der Waals surface area contributed by atoms with Crippen LogP contribution in [0.3, 0.4) is 0 Å². The third-order valence-corrected chi connectivity index (χ3v) is 3.68. The second-order valence-electron chi connectivity index (χ2n) is 4.49. The number of hydrogen-bond acceptors (Lipinski definition) is 5. The van der Waals surface area contributed by atoms with E-state index >= 15 is 0 Å². The molecule has 2 aromatic heterocycles. The van der Waals surface area contributed by atoms with Gasteiger partial charge < -0.3 is 0 Å². The van der Waals surface area contributed by atoms with Crippen LogP contribution in [0.25, 0.3) is 16.6 Å². The topological polar surface area (TPSA) is 60.7 Å². The summed E-state index contributed by atoms with van der Waals surface area (Å²) in [5.41, 5.74) is -0.420. The lowest BCUT2D eigenvalue weighted by Crippen LogP contribution is -2.25. The molecule has 0 radical (unpaired) electrons. The molecule has 0 saturated carbocycles. The smallest absolute Gasteiger partial charge is 0.267 e. The van der Waals surface area contributed by atoms with Crippen molar-refractivity contribution in [2.24, 2.45) is 0 Å². The van der Waals surface area contributed by atoms with Crippen molar-refractivity contribution < 1.29 is 8.78 Å². The SMILES string of the molecule is CSc1ncc2c(=O)n(-c3c(F)cccc3F)nc(C)c2n1. The van der Waals surface area contributed by atoms with Gasteiger partial charge in [0.05, 0.1) is 11.1 Å². The average molecular weight is 320 g/mol. The first-order chi connectivity index (χ1) is 10.5. The molecule has 8 heteroatoms. The van der Waals surface area contributed by atoms with Gasteiger partial charge in [0, 0.05) is 6.20 Å². The Morgan fingerprint density at radius 1 is 1.23 bits per heavy atom. The van der Waals surface area contributed by atoms with Gasteiger partial charge in [-0.3, -0.25) is 4.79 Å². The minimum atomic E-state index is -0.866. The van der Waals surface area contributed by atoms with Crippen molar-refractivity contribution in [3.63, 3.8) is 0 Å². The Hall–Kier alpha value is -2.35. The highest BCUT2D eigenvalue weighted by atomic mass is 32.2. The largest absolute Gasteiger partial charge is 0.282 e. The number of fused-ring (bicyclic) bond motifs is 1. The van der Waals surface area contributed by atoms with E-state index in [9.17, 15) is 13.6 Å². The van der Waals surface area contributed by atoms with Crippen LogP contribution in [0.4, 0.5) is 8.78 Å². The highest BCUT2D eigenvalue weighted by Crippen LogP contribution is 2.18. The molecule has 0 saturated heterocycles. The number of aryl methyl sites for hydroxylation is 1. The molecule has 22 heavy (non-hydrogen) atoms. The Bertz CT molecular complexity index is 922. The summed E-state index contributed by atoms with van der Waals surface area (Å²) in [6, 6.07) is 3.36. The zero-order valence-electron chi connectivity index (χ0n) is 11.7. The van der Waals surface area contributed by atoms with Gasteiger partial charge in [0.25, 0.3) is 5.56 Å². The van der Waals surface area contributed by atoms with Gasteiger partial charge in [0.2, 0.25) is 0 Å². The lowest BCUT2D eigenvalue weighted by atomic mass is 10.2. The van der Waals surface area contributed by atoms with Crippen molar-refractivity contribution >= 4 is 22.7 Å². The maximum absolute atomic E-state index is 13.9. The number of aromatic nitrogens is 4. The van der Waals surface area contributed by atoms with Gasteiger partial charge in [0.1, 0.15) is 11.2 Å². The summed E-state index contributed by atoms with van der Waals surface area (Å²) >= 11 is 1.32. The van der Waals surface area contributed by atoms with Gasteiger partial charge in [-0.15, -0.1) is 0 Å². The van der Waals surface area contributed by atoms with Crippen LogP contribution in [-0.2, 0) is 0 Å². The van der Waals surface area contributed by atoms with Crippen molar-refractivity contribution in [3.05, 3.63) is 52.1 Å². The first-order valence-corrected chi connectivity index (χ1v) is 7.50. The fraction of sp³-hybridized carbons (Fsp3) is 0.143. The van der Waals surface area contributed by atoms with Gasteiger partial charge in [-0.05, 0) is 25.3 Å². The maximum Gasteiger partial charge on any atom is 0.282 e. The molecule has 0 bridgehead atoms. The van der Waals surface area contributed by atoms with Gasteiger partial charge >= 0.3 is 0 Å². The van der Waals surface area contributed by atoms with Crippen LogP contribution < -0.4 is 5.56 Å². The van der Waals surface area contributed by atoms with E-state index in [0.717, 1.165) is 12.1 Å². The Morgan fingerprint density at radius 2 is 1.91 bits per heavy atom. The highest BCUT2D eigenvalue weighted by molar-refractivity contribution is 7.98. The normalized spacial score (nSPS) is 11.1. The fourth-order valence-electron chi connectivity index (χ4n) is 2.10. The minimum absolute atomic E-state index is 0.160. The van der Waals surface area contributed by atoms with Crippen molar-refractivity contribution in [1.82, 2.24) is 19.7 Å². The van der Waals surface area contributed by atoms with Crippen LogP contribution in [0.2, 0.25) is 0 Å². The Labute approximate surface area is 128 Å². The molecule has 0 spiro atoms. The molecule has 112 valence electrons. The van der Waals surface area contributed by atoms with Crippen molar-refractivity contribution in [1.29, 1.82) is 0 Å². The van der Waals surface area contributed by atoms with E-state index in [1.165, 1.54) is 24.0 Å². The van der Waals surface area contributed by atoms with Crippen LogP contribution in [0.5, 0.6) is 0 Å². The van der Waals surface area contributed by atoms with E-state index in [4.69, 9.17) is 0 Å². The fourth-order valence-corrected chi connectivity index (χ4v) is 2.44. The van der Waals surface area contributed by atoms with E-state index in [-0.39, 0.29) is 5.39 Å². The van der Waals surface area contributed by atoms with E-state index in [1.807, 2.05) is 0 Å². The van der Waals surface area contributed by atoms with Crippen LogP contribution in [0.15, 0.2) is 34.3 Å². The molecule has 0 fully saturated rings. The average Bonchev–Trinajstić information content (AvgIpc) is 2.51. The summed E-state index contributed by atoms with van der Waals surface area (Å²) in [5, 5.41) is 4.65. The lowest BCUT2D eigenvalue weighted by Gasteiger charge is -2.10. The quantitative estimate of drug-likeness (QED) is 0.536. The first kappa shape index (κ1) is 14.6. The summed E-state index contributed by atoms with van der Waals surface area (Å²) < 4.78 is 28.5. The zero-order chi connectivity index (χ0) is 15.9. The lowest BCUT2D eigenvalue weighted by molar-refractivity contribution is 0.554. The first-order valence-electron chi connectivity index (χ1n) is 6.28. The van der Waals surface area contributed by atoms with Gasteiger partial charge in [0.15, 0.2) is 16.8 Å². The number of rotatable bonds is 2. The summed E-state index contributed by atoms with van der Waals surface area (Å²) in [5.74, 6) is -1.73. The molecule has 0 atom stereocenters. The Kier molecular flexibility index (Phi) is 3.61. The molecule has 3 aromatic rings. The Balaban J connectivity index is 2.38. The second kappa shape index (κ2) is 5.45. The summed E-state index contributed by atoms with van der Waals surface area (Å²) in [6.45, 7) is 1.62. The third kappa shape index (κ3) is 2.25. The van der Waals surface area contributed by atoms with Crippen molar-refractivity contribution in [2.45, 2.75) is 12.1 Å². The molecule has 3 rings (SSSR count). The Morgan fingerprint density at radius 3 is 2.55 bits per heavy atom. The van der Waals surface area contributed by atoms with Gasteiger partial charge in [-0.1, -0.05) is 17.8 Å². The molecule has 5 nitrogen and oxygen atoms in total. The van der Waals surface area contributed by atoms with Gasteiger partial charge in [-0.2, -0.15) is 9.78 Å². The molecule has 0 amide bonds.